The van der Waals surface area contributed by atoms with Crippen LogP contribution in [0, 0.1) is 11.6 Å². The topological polar surface area (TPSA) is 58.2 Å². The van der Waals surface area contributed by atoms with E-state index in [1.165, 1.54) is 18.3 Å². The minimum absolute atomic E-state index is 0.291. The highest BCUT2D eigenvalue weighted by atomic mass is 32.1. The highest BCUT2D eigenvalue weighted by Gasteiger charge is 2.15. The summed E-state index contributed by atoms with van der Waals surface area (Å²) in [6.45, 7) is 1.35. The first-order chi connectivity index (χ1) is 12.4. The molecule has 1 heterocycles. The molecule has 0 saturated carbocycles. The molecular formula is C19H14F2N2O2S. The Balaban J connectivity index is 1.96. The Kier molecular flexibility index (Phi) is 5.09. The zero-order valence-electron chi connectivity index (χ0n) is 13.7. The van der Waals surface area contributed by atoms with Crippen molar-refractivity contribution in [1.29, 1.82) is 0 Å². The van der Waals surface area contributed by atoms with Gasteiger partial charge < -0.3 is 10.6 Å². The van der Waals surface area contributed by atoms with E-state index in [1.54, 1.807) is 12.1 Å². The Morgan fingerprint density at radius 1 is 0.923 bits per heavy atom. The van der Waals surface area contributed by atoms with Gasteiger partial charge in [0.25, 0.3) is 5.91 Å². The first-order valence-electron chi connectivity index (χ1n) is 7.64. The van der Waals surface area contributed by atoms with Gasteiger partial charge in [-0.15, -0.1) is 0 Å². The number of hydrogen-bond acceptors (Lipinski definition) is 3. The maximum absolute atomic E-state index is 13.8. The summed E-state index contributed by atoms with van der Waals surface area (Å²) >= 11 is 1.53. The number of benzene rings is 2. The average molecular weight is 372 g/mol. The summed E-state index contributed by atoms with van der Waals surface area (Å²) in [5.74, 6) is -2.77. The molecule has 0 bridgehead atoms. The molecule has 3 aromatic rings. The number of hydrogen-bond donors (Lipinski definition) is 2. The highest BCUT2D eigenvalue weighted by Crippen LogP contribution is 2.31. The van der Waals surface area contributed by atoms with Crippen LogP contribution in [0.3, 0.4) is 0 Å². The molecule has 0 radical (unpaired) electrons. The minimum Gasteiger partial charge on any atom is -0.325 e. The number of halogens is 2. The molecular weight excluding hydrogens is 358 g/mol. The molecule has 132 valence electrons. The molecule has 0 atom stereocenters. The van der Waals surface area contributed by atoms with E-state index >= 15 is 0 Å². The standard InChI is InChI=1S/C19H14F2N2O2S/c1-11(24)22-17-5-2-12(13-6-7-26-10-13)8-18(17)23-19(25)15-4-3-14(20)9-16(15)21/h2-10H,1H3,(H,22,24)(H,23,25). The molecule has 3 rings (SSSR count). The minimum atomic E-state index is -0.961. The Morgan fingerprint density at radius 3 is 2.38 bits per heavy atom. The summed E-state index contributed by atoms with van der Waals surface area (Å²) in [5, 5.41) is 9.07. The molecule has 2 aromatic carbocycles. The van der Waals surface area contributed by atoms with Gasteiger partial charge in [0.1, 0.15) is 11.6 Å². The molecule has 0 saturated heterocycles. The van der Waals surface area contributed by atoms with Crippen molar-refractivity contribution < 1.29 is 18.4 Å². The predicted molar refractivity (Wildman–Crippen MR) is 98.4 cm³/mol. The Labute approximate surface area is 152 Å². The second-order valence-corrected chi connectivity index (χ2v) is 6.31. The Hall–Kier alpha value is -3.06. The fourth-order valence-electron chi connectivity index (χ4n) is 2.42. The first kappa shape index (κ1) is 17.8. The van der Waals surface area contributed by atoms with Crippen LogP contribution in [0.2, 0.25) is 0 Å². The molecule has 2 N–H and O–H groups in total. The lowest BCUT2D eigenvalue weighted by Gasteiger charge is -2.13. The van der Waals surface area contributed by atoms with Crippen LogP contribution in [0.4, 0.5) is 20.2 Å². The lowest BCUT2D eigenvalue weighted by molar-refractivity contribution is -0.114. The molecule has 0 spiro atoms. The quantitative estimate of drug-likeness (QED) is 0.684. The smallest absolute Gasteiger partial charge is 0.258 e. The second kappa shape index (κ2) is 7.45. The number of amides is 2. The van der Waals surface area contributed by atoms with Crippen LogP contribution >= 0.6 is 11.3 Å². The molecule has 7 heteroatoms. The predicted octanol–water partition coefficient (Wildman–Crippen LogP) is 4.90. The van der Waals surface area contributed by atoms with Gasteiger partial charge in [0.15, 0.2) is 0 Å². The van der Waals surface area contributed by atoms with Gasteiger partial charge in [-0.1, -0.05) is 6.07 Å². The van der Waals surface area contributed by atoms with E-state index < -0.39 is 17.5 Å². The van der Waals surface area contributed by atoms with Gasteiger partial charge in [0.05, 0.1) is 16.9 Å². The van der Waals surface area contributed by atoms with Crippen molar-refractivity contribution in [3.8, 4) is 11.1 Å². The third kappa shape index (κ3) is 3.94. The van der Waals surface area contributed by atoms with Crippen LogP contribution in [0.5, 0.6) is 0 Å². The molecule has 0 aliphatic rings. The van der Waals surface area contributed by atoms with Crippen LogP contribution in [0.1, 0.15) is 17.3 Å². The number of thiophene rings is 1. The number of carbonyl (C=O) groups is 2. The lowest BCUT2D eigenvalue weighted by atomic mass is 10.1. The van der Waals surface area contributed by atoms with E-state index in [9.17, 15) is 18.4 Å². The fourth-order valence-corrected chi connectivity index (χ4v) is 3.08. The Bertz CT molecular complexity index is 972. The van der Waals surface area contributed by atoms with Crippen molar-refractivity contribution in [2.24, 2.45) is 0 Å². The van der Waals surface area contributed by atoms with E-state index in [4.69, 9.17) is 0 Å². The van der Waals surface area contributed by atoms with E-state index in [2.05, 4.69) is 10.6 Å². The summed E-state index contributed by atoms with van der Waals surface area (Å²) < 4.78 is 26.9. The molecule has 4 nitrogen and oxygen atoms in total. The molecule has 1 aromatic heterocycles. The number of rotatable bonds is 4. The normalized spacial score (nSPS) is 10.4. The molecule has 2 amide bonds. The first-order valence-corrected chi connectivity index (χ1v) is 8.59. The summed E-state index contributed by atoms with van der Waals surface area (Å²) in [7, 11) is 0. The summed E-state index contributed by atoms with van der Waals surface area (Å²) in [5.41, 5.74) is 2.19. The summed E-state index contributed by atoms with van der Waals surface area (Å²) in [4.78, 5) is 23.8. The Morgan fingerprint density at radius 2 is 1.73 bits per heavy atom. The third-order valence-corrected chi connectivity index (χ3v) is 4.29. The maximum atomic E-state index is 13.8. The second-order valence-electron chi connectivity index (χ2n) is 5.53. The van der Waals surface area contributed by atoms with Crippen molar-refractivity contribution in [3.05, 3.63) is 70.4 Å². The number of carbonyl (C=O) groups excluding carboxylic acids is 2. The van der Waals surface area contributed by atoms with Gasteiger partial charge in [-0.25, -0.2) is 8.78 Å². The van der Waals surface area contributed by atoms with Gasteiger partial charge in [-0.05, 0) is 52.2 Å². The molecule has 0 fully saturated rings. The van der Waals surface area contributed by atoms with Crippen LogP contribution in [-0.2, 0) is 4.79 Å². The zero-order valence-corrected chi connectivity index (χ0v) is 14.5. The maximum Gasteiger partial charge on any atom is 0.258 e. The van der Waals surface area contributed by atoms with Crippen LogP contribution < -0.4 is 10.6 Å². The highest BCUT2D eigenvalue weighted by molar-refractivity contribution is 7.08. The third-order valence-electron chi connectivity index (χ3n) is 3.61. The van der Waals surface area contributed by atoms with Crippen molar-refractivity contribution in [2.45, 2.75) is 6.92 Å². The monoisotopic (exact) mass is 372 g/mol. The number of anilines is 2. The van der Waals surface area contributed by atoms with E-state index in [0.717, 1.165) is 23.3 Å². The van der Waals surface area contributed by atoms with Gasteiger partial charge in [-0.2, -0.15) is 11.3 Å². The van der Waals surface area contributed by atoms with Crippen LogP contribution in [0.25, 0.3) is 11.1 Å². The van der Waals surface area contributed by atoms with Gasteiger partial charge >= 0.3 is 0 Å². The summed E-state index contributed by atoms with van der Waals surface area (Å²) in [6, 6.07) is 9.79. The van der Waals surface area contributed by atoms with Gasteiger partial charge in [0.2, 0.25) is 5.91 Å². The van der Waals surface area contributed by atoms with E-state index in [1.807, 2.05) is 22.9 Å². The van der Waals surface area contributed by atoms with Crippen molar-refractivity contribution in [1.82, 2.24) is 0 Å². The SMILES string of the molecule is CC(=O)Nc1ccc(-c2ccsc2)cc1NC(=O)c1ccc(F)cc1F. The van der Waals surface area contributed by atoms with Gasteiger partial charge in [0, 0.05) is 13.0 Å². The average Bonchev–Trinajstić information content (AvgIpc) is 3.10. The molecule has 0 aliphatic heterocycles. The fraction of sp³-hybridized carbons (Fsp3) is 0.0526. The van der Waals surface area contributed by atoms with E-state index in [-0.39, 0.29) is 11.5 Å². The largest absolute Gasteiger partial charge is 0.325 e. The molecule has 0 unspecified atom stereocenters. The van der Waals surface area contributed by atoms with Crippen molar-refractivity contribution >= 4 is 34.5 Å². The van der Waals surface area contributed by atoms with Crippen molar-refractivity contribution in [2.75, 3.05) is 10.6 Å². The lowest BCUT2D eigenvalue weighted by Crippen LogP contribution is -2.16. The summed E-state index contributed by atoms with van der Waals surface area (Å²) in [6.07, 6.45) is 0. The molecule has 0 aliphatic carbocycles. The zero-order chi connectivity index (χ0) is 18.7. The van der Waals surface area contributed by atoms with Crippen molar-refractivity contribution in [3.63, 3.8) is 0 Å². The van der Waals surface area contributed by atoms with Crippen LogP contribution in [0.15, 0.2) is 53.2 Å². The van der Waals surface area contributed by atoms with E-state index in [0.29, 0.717) is 17.4 Å². The van der Waals surface area contributed by atoms with Crippen LogP contribution in [-0.4, -0.2) is 11.8 Å². The molecule has 26 heavy (non-hydrogen) atoms. The number of nitrogens with one attached hydrogen (secondary N) is 2. The van der Waals surface area contributed by atoms with Gasteiger partial charge in [-0.3, -0.25) is 9.59 Å².